The highest BCUT2D eigenvalue weighted by molar-refractivity contribution is 5.80. The highest BCUT2D eigenvalue weighted by Crippen LogP contribution is 2.40. The number of hydrogen-bond donors (Lipinski definition) is 2. The van der Waals surface area contributed by atoms with Crippen LogP contribution >= 0.6 is 0 Å². The van der Waals surface area contributed by atoms with E-state index in [9.17, 15) is 9.59 Å². The molecule has 3 saturated heterocycles. The predicted octanol–water partition coefficient (Wildman–Crippen LogP) is 1.62. The van der Waals surface area contributed by atoms with E-state index in [4.69, 9.17) is 0 Å². The summed E-state index contributed by atoms with van der Waals surface area (Å²) in [6.07, 6.45) is 3.62. The number of piperidine rings is 2. The number of rotatable bonds is 2. The molecule has 2 atom stereocenters. The van der Waals surface area contributed by atoms with Crippen molar-refractivity contribution in [3.8, 4) is 0 Å². The van der Waals surface area contributed by atoms with Crippen LogP contribution < -0.4 is 10.9 Å². The molecule has 2 amide bonds. The minimum absolute atomic E-state index is 0.0201. The van der Waals surface area contributed by atoms with Crippen molar-refractivity contribution < 1.29 is 9.59 Å². The number of carbonyl (C=O) groups excluding carboxylic acids is 2. The first-order valence-corrected chi connectivity index (χ1v) is 10.1. The van der Waals surface area contributed by atoms with Gasteiger partial charge in [-0.3, -0.25) is 15.0 Å². The summed E-state index contributed by atoms with van der Waals surface area (Å²) in [5.41, 5.74) is 9.07. The molecule has 2 unspecified atom stereocenters. The Bertz CT molecular complexity index is 727. The number of hydrazine groups is 1. The van der Waals surface area contributed by atoms with Gasteiger partial charge in [0.25, 0.3) is 0 Å². The molecule has 0 bridgehead atoms. The predicted molar refractivity (Wildman–Crippen MR) is 104 cm³/mol. The Hall–Kier alpha value is -1.92. The summed E-state index contributed by atoms with van der Waals surface area (Å²) in [6, 6.07) is 8.41. The molecule has 0 saturated carbocycles. The van der Waals surface area contributed by atoms with E-state index in [-0.39, 0.29) is 29.2 Å². The molecule has 0 aliphatic carbocycles. The highest BCUT2D eigenvalue weighted by atomic mass is 16.2. The topological polar surface area (TPSA) is 64.7 Å². The average Bonchev–Trinajstić information content (AvgIpc) is 3.15. The van der Waals surface area contributed by atoms with Crippen molar-refractivity contribution in [2.75, 3.05) is 33.2 Å². The molecule has 3 heterocycles. The van der Waals surface area contributed by atoms with E-state index in [2.05, 4.69) is 42.0 Å². The zero-order valence-electron chi connectivity index (χ0n) is 16.3. The van der Waals surface area contributed by atoms with Gasteiger partial charge in [-0.05, 0) is 37.2 Å². The van der Waals surface area contributed by atoms with Crippen molar-refractivity contribution in [1.82, 2.24) is 20.7 Å². The quantitative estimate of drug-likeness (QED) is 0.830. The van der Waals surface area contributed by atoms with Gasteiger partial charge in [-0.1, -0.05) is 29.8 Å². The number of carbonyl (C=O) groups is 2. The maximum absolute atomic E-state index is 13.2. The van der Waals surface area contributed by atoms with Crippen molar-refractivity contribution in [2.24, 2.45) is 11.3 Å². The van der Waals surface area contributed by atoms with Crippen LogP contribution in [0.25, 0.3) is 0 Å². The molecule has 27 heavy (non-hydrogen) atoms. The van der Waals surface area contributed by atoms with Crippen molar-refractivity contribution in [2.45, 2.75) is 38.6 Å². The first kappa shape index (κ1) is 18.4. The second-order valence-corrected chi connectivity index (χ2v) is 8.60. The smallest absolute Gasteiger partial charge is 0.229 e. The minimum Gasteiger partial charge on any atom is -0.345 e. The Kier molecular flexibility index (Phi) is 4.95. The van der Waals surface area contributed by atoms with Crippen LogP contribution in [0, 0.1) is 18.3 Å². The van der Waals surface area contributed by atoms with Crippen LogP contribution in [0.1, 0.15) is 42.9 Å². The van der Waals surface area contributed by atoms with Crippen molar-refractivity contribution in [3.05, 3.63) is 35.4 Å². The summed E-state index contributed by atoms with van der Waals surface area (Å²) in [5, 5.41) is 0. The van der Waals surface area contributed by atoms with E-state index in [1.165, 1.54) is 11.1 Å². The van der Waals surface area contributed by atoms with Crippen molar-refractivity contribution >= 4 is 11.8 Å². The fraction of sp³-hybridized carbons (Fsp3) is 0.619. The van der Waals surface area contributed by atoms with Gasteiger partial charge in [-0.15, -0.1) is 0 Å². The van der Waals surface area contributed by atoms with Crippen LogP contribution in [0.3, 0.4) is 0 Å². The molecule has 1 aromatic rings. The molecular weight excluding hydrogens is 340 g/mol. The second kappa shape index (κ2) is 7.24. The van der Waals surface area contributed by atoms with Crippen LogP contribution in [0.4, 0.5) is 0 Å². The summed E-state index contributed by atoms with van der Waals surface area (Å²) in [7, 11) is 1.91. The van der Waals surface area contributed by atoms with Crippen molar-refractivity contribution in [3.63, 3.8) is 0 Å². The normalized spacial score (nSPS) is 28.0. The molecule has 4 rings (SSSR count). The van der Waals surface area contributed by atoms with Gasteiger partial charge in [0.05, 0.1) is 12.0 Å². The molecule has 6 heteroatoms. The third-order valence-corrected chi connectivity index (χ3v) is 6.70. The molecule has 3 fully saturated rings. The summed E-state index contributed by atoms with van der Waals surface area (Å²) in [5.74, 6) is 0.425. The van der Waals surface area contributed by atoms with Crippen LogP contribution in [0.2, 0.25) is 0 Å². The molecule has 6 nitrogen and oxygen atoms in total. The summed E-state index contributed by atoms with van der Waals surface area (Å²) >= 11 is 0. The lowest BCUT2D eigenvalue weighted by Gasteiger charge is -2.47. The number of aryl methyl sites for hydroxylation is 1. The van der Waals surface area contributed by atoms with E-state index in [0.29, 0.717) is 13.0 Å². The maximum atomic E-state index is 13.2. The number of likely N-dealkylation sites (tertiary alicyclic amines) is 2. The monoisotopic (exact) mass is 370 g/mol. The molecule has 0 aromatic heterocycles. The van der Waals surface area contributed by atoms with Gasteiger partial charge < -0.3 is 9.80 Å². The standard InChI is InChI=1S/C21H30N4O2/c1-15-4-3-5-16(12-15)19-17(13-22-23-19)20(27)25-10-8-21(9-11-25)7-6-18(26)24(2)14-21/h3-5,12,17,19,22-23H,6-11,13-14H2,1-2H3. The van der Waals surface area contributed by atoms with E-state index < -0.39 is 0 Å². The molecule has 0 radical (unpaired) electrons. The lowest BCUT2D eigenvalue weighted by molar-refractivity contribution is -0.143. The van der Waals surface area contributed by atoms with Gasteiger partial charge in [0.2, 0.25) is 11.8 Å². The Labute approximate surface area is 161 Å². The number of nitrogens with zero attached hydrogens (tertiary/aromatic N) is 2. The van der Waals surface area contributed by atoms with Gasteiger partial charge in [0.15, 0.2) is 0 Å². The number of nitrogens with one attached hydrogen (secondary N) is 2. The van der Waals surface area contributed by atoms with E-state index in [1.54, 1.807) is 0 Å². The Morgan fingerprint density at radius 2 is 2.00 bits per heavy atom. The SMILES string of the molecule is Cc1cccc(C2NNCC2C(=O)N2CCC3(CCC(=O)N(C)C3)CC2)c1. The fourth-order valence-electron chi connectivity index (χ4n) is 4.98. The fourth-order valence-corrected chi connectivity index (χ4v) is 4.98. The first-order chi connectivity index (χ1) is 13.0. The van der Waals surface area contributed by atoms with E-state index in [1.807, 2.05) is 16.8 Å². The van der Waals surface area contributed by atoms with E-state index in [0.717, 1.165) is 38.9 Å². The van der Waals surface area contributed by atoms with Crippen LogP contribution in [0.15, 0.2) is 24.3 Å². The van der Waals surface area contributed by atoms with Gasteiger partial charge >= 0.3 is 0 Å². The van der Waals surface area contributed by atoms with Crippen LogP contribution in [0.5, 0.6) is 0 Å². The molecule has 1 spiro atoms. The molecular formula is C21H30N4O2. The number of hydrogen-bond acceptors (Lipinski definition) is 4. The summed E-state index contributed by atoms with van der Waals surface area (Å²) < 4.78 is 0. The van der Waals surface area contributed by atoms with Gasteiger partial charge in [-0.25, -0.2) is 5.43 Å². The molecule has 1 aromatic carbocycles. The van der Waals surface area contributed by atoms with Gasteiger partial charge in [-0.2, -0.15) is 0 Å². The Balaban J connectivity index is 1.41. The maximum Gasteiger partial charge on any atom is 0.229 e. The van der Waals surface area contributed by atoms with Gasteiger partial charge in [0.1, 0.15) is 0 Å². The third-order valence-electron chi connectivity index (χ3n) is 6.70. The largest absolute Gasteiger partial charge is 0.345 e. The number of amides is 2. The first-order valence-electron chi connectivity index (χ1n) is 10.1. The third kappa shape index (κ3) is 3.60. The highest BCUT2D eigenvalue weighted by Gasteiger charge is 2.43. The van der Waals surface area contributed by atoms with Gasteiger partial charge in [0, 0.05) is 39.6 Å². The van der Waals surface area contributed by atoms with E-state index >= 15 is 0 Å². The molecule has 2 N–H and O–H groups in total. The minimum atomic E-state index is -0.0727. The lowest BCUT2D eigenvalue weighted by Crippen LogP contribution is -2.52. The summed E-state index contributed by atoms with van der Waals surface area (Å²) in [6.45, 7) is 5.19. The Morgan fingerprint density at radius 1 is 1.22 bits per heavy atom. The molecule has 3 aliphatic heterocycles. The van der Waals surface area contributed by atoms with Crippen LogP contribution in [-0.2, 0) is 9.59 Å². The lowest BCUT2D eigenvalue weighted by atomic mass is 9.72. The summed E-state index contributed by atoms with van der Waals surface area (Å²) in [4.78, 5) is 29.0. The second-order valence-electron chi connectivity index (χ2n) is 8.60. The molecule has 146 valence electrons. The van der Waals surface area contributed by atoms with Crippen molar-refractivity contribution in [1.29, 1.82) is 0 Å². The zero-order chi connectivity index (χ0) is 19.0. The van der Waals surface area contributed by atoms with Crippen LogP contribution in [-0.4, -0.2) is 54.8 Å². The zero-order valence-corrected chi connectivity index (χ0v) is 16.3. The molecule has 3 aliphatic rings. The Morgan fingerprint density at radius 3 is 2.70 bits per heavy atom. The average molecular weight is 370 g/mol. The number of benzene rings is 1.